The quantitative estimate of drug-likeness (QED) is 0.437. The Morgan fingerprint density at radius 3 is 2.59 bits per heavy atom. The van der Waals surface area contributed by atoms with Crippen LogP contribution in [0.4, 0.5) is 30.2 Å². The Morgan fingerprint density at radius 2 is 2.00 bits per heavy atom. The van der Waals surface area contributed by atoms with Gasteiger partial charge in [0.1, 0.15) is 11.4 Å². The van der Waals surface area contributed by atoms with Gasteiger partial charge in [-0.3, -0.25) is 10.1 Å². The zero-order valence-corrected chi connectivity index (χ0v) is 13.7. The minimum atomic E-state index is -4.81. The van der Waals surface area contributed by atoms with Crippen molar-refractivity contribution < 1.29 is 22.8 Å². The first kappa shape index (κ1) is 18.3. The monoisotopic (exact) mass is 375 g/mol. The fraction of sp³-hybridized carbons (Fsp3) is 0.167. The molecule has 0 radical (unpaired) electrons. The molecule has 0 bridgehead atoms. The highest BCUT2D eigenvalue weighted by Gasteiger charge is 2.32. The van der Waals surface area contributed by atoms with Gasteiger partial charge in [-0.25, -0.2) is 0 Å². The number of nitriles is 1. The van der Waals surface area contributed by atoms with Gasteiger partial charge in [0.25, 0.3) is 5.69 Å². The molecule has 0 fully saturated rings. The first-order valence-electron chi connectivity index (χ1n) is 7.77. The van der Waals surface area contributed by atoms with Gasteiger partial charge < -0.3 is 10.1 Å². The molecule has 1 aliphatic rings. The molecule has 0 spiro atoms. The molecule has 0 saturated carbocycles. The van der Waals surface area contributed by atoms with E-state index in [0.717, 1.165) is 18.1 Å². The van der Waals surface area contributed by atoms with Crippen LogP contribution in [0.2, 0.25) is 0 Å². The van der Waals surface area contributed by atoms with Crippen molar-refractivity contribution in [3.63, 3.8) is 0 Å². The molecule has 2 aromatic carbocycles. The second-order valence-corrected chi connectivity index (χ2v) is 5.84. The molecule has 0 amide bonds. The molecular formula is C18H12F3N3O3. The molecule has 138 valence electrons. The van der Waals surface area contributed by atoms with E-state index in [0.29, 0.717) is 17.7 Å². The van der Waals surface area contributed by atoms with Gasteiger partial charge in [-0.05, 0) is 43.2 Å². The maximum absolute atomic E-state index is 12.6. The zero-order chi connectivity index (χ0) is 19.6. The minimum Gasteiger partial charge on any atom is -0.405 e. The molecule has 6 nitrogen and oxygen atoms in total. The maximum Gasteiger partial charge on any atom is 0.573 e. The van der Waals surface area contributed by atoms with Crippen LogP contribution in [0.5, 0.6) is 5.75 Å². The van der Waals surface area contributed by atoms with E-state index in [-0.39, 0.29) is 22.7 Å². The largest absolute Gasteiger partial charge is 0.573 e. The molecule has 0 unspecified atom stereocenters. The van der Waals surface area contributed by atoms with Crippen molar-refractivity contribution in [1.29, 1.82) is 5.26 Å². The van der Waals surface area contributed by atoms with Crippen LogP contribution in [0, 0.1) is 21.4 Å². The van der Waals surface area contributed by atoms with Gasteiger partial charge in [0.05, 0.1) is 16.6 Å². The van der Waals surface area contributed by atoms with Crippen LogP contribution >= 0.6 is 0 Å². The molecular weight excluding hydrogens is 363 g/mol. The lowest BCUT2D eigenvalue weighted by Gasteiger charge is -2.15. The van der Waals surface area contributed by atoms with Crippen molar-refractivity contribution in [1.82, 2.24) is 0 Å². The van der Waals surface area contributed by atoms with Crippen molar-refractivity contribution in [2.45, 2.75) is 19.2 Å². The fourth-order valence-corrected chi connectivity index (χ4v) is 2.49. The Hall–Kier alpha value is -3.54. The van der Waals surface area contributed by atoms with E-state index in [1.807, 2.05) is 12.1 Å². The third-order valence-corrected chi connectivity index (χ3v) is 3.80. The van der Waals surface area contributed by atoms with E-state index in [4.69, 9.17) is 5.26 Å². The Bertz CT molecular complexity index is 978. The van der Waals surface area contributed by atoms with Gasteiger partial charge in [0.2, 0.25) is 0 Å². The van der Waals surface area contributed by atoms with E-state index in [1.165, 1.54) is 30.3 Å². The van der Waals surface area contributed by atoms with Gasteiger partial charge in [-0.15, -0.1) is 13.2 Å². The summed E-state index contributed by atoms with van der Waals surface area (Å²) in [6.45, 7) is 0. The first-order chi connectivity index (χ1) is 12.7. The number of nitro groups is 1. The summed E-state index contributed by atoms with van der Waals surface area (Å²) in [5.74, 6) is -0.310. The molecule has 0 atom stereocenters. The van der Waals surface area contributed by atoms with Crippen molar-refractivity contribution in [3.8, 4) is 11.8 Å². The molecule has 27 heavy (non-hydrogen) atoms. The summed E-state index contributed by atoms with van der Waals surface area (Å²) in [5.41, 5.74) is 1.62. The Kier molecular flexibility index (Phi) is 4.73. The highest BCUT2D eigenvalue weighted by molar-refractivity contribution is 5.71. The number of nitrogens with one attached hydrogen (secondary N) is 1. The first-order valence-corrected chi connectivity index (χ1v) is 7.77. The van der Waals surface area contributed by atoms with Crippen molar-refractivity contribution >= 4 is 17.1 Å². The number of ether oxygens (including phenoxy) is 1. The van der Waals surface area contributed by atoms with Crippen LogP contribution < -0.4 is 10.1 Å². The Morgan fingerprint density at radius 1 is 1.26 bits per heavy atom. The van der Waals surface area contributed by atoms with E-state index in [2.05, 4.69) is 10.1 Å². The lowest BCUT2D eigenvalue weighted by Crippen LogP contribution is -2.18. The average Bonchev–Trinajstić information content (AvgIpc) is 3.40. The molecule has 0 saturated heterocycles. The summed E-state index contributed by atoms with van der Waals surface area (Å²) < 4.78 is 41.8. The second-order valence-electron chi connectivity index (χ2n) is 5.84. The average molecular weight is 375 g/mol. The summed E-state index contributed by atoms with van der Waals surface area (Å²) in [4.78, 5) is 10.6. The molecule has 3 rings (SSSR count). The van der Waals surface area contributed by atoms with Gasteiger partial charge >= 0.3 is 6.36 Å². The lowest BCUT2D eigenvalue weighted by atomic mass is 10.1. The third-order valence-electron chi connectivity index (χ3n) is 3.80. The number of halogens is 3. The zero-order valence-electron chi connectivity index (χ0n) is 13.7. The summed E-state index contributed by atoms with van der Waals surface area (Å²) >= 11 is 0. The molecule has 9 heteroatoms. The predicted molar refractivity (Wildman–Crippen MR) is 90.6 cm³/mol. The predicted octanol–water partition coefficient (Wildman–Crippen LogP) is 4.98. The van der Waals surface area contributed by atoms with Crippen molar-refractivity contribution in [3.05, 3.63) is 69.3 Å². The van der Waals surface area contributed by atoms with E-state index in [9.17, 15) is 23.3 Å². The van der Waals surface area contributed by atoms with Gasteiger partial charge in [0.15, 0.2) is 0 Å². The van der Waals surface area contributed by atoms with Crippen molar-refractivity contribution in [2.75, 3.05) is 5.32 Å². The number of nitro benzene ring substituents is 1. The maximum atomic E-state index is 12.6. The number of benzene rings is 2. The smallest absolute Gasteiger partial charge is 0.405 e. The van der Waals surface area contributed by atoms with Gasteiger partial charge in [-0.1, -0.05) is 11.6 Å². The summed E-state index contributed by atoms with van der Waals surface area (Å²) in [6, 6.07) is 9.70. The van der Waals surface area contributed by atoms with E-state index in [1.54, 1.807) is 0 Å². The summed E-state index contributed by atoms with van der Waals surface area (Å²) in [5, 5.41) is 22.9. The van der Waals surface area contributed by atoms with Crippen LogP contribution in [-0.2, 0) is 6.42 Å². The van der Waals surface area contributed by atoms with Crippen molar-refractivity contribution in [2.24, 2.45) is 0 Å². The van der Waals surface area contributed by atoms with Gasteiger partial charge in [-0.2, -0.15) is 5.26 Å². The van der Waals surface area contributed by atoms with E-state index >= 15 is 0 Å². The highest BCUT2D eigenvalue weighted by atomic mass is 19.4. The number of hydrogen-bond donors (Lipinski definition) is 1. The molecule has 0 aromatic heterocycles. The van der Waals surface area contributed by atoms with Crippen LogP contribution in [-0.4, -0.2) is 11.3 Å². The summed E-state index contributed by atoms with van der Waals surface area (Å²) in [7, 11) is 0. The van der Waals surface area contributed by atoms with Gasteiger partial charge in [0, 0.05) is 17.3 Å². The molecule has 1 aliphatic carbocycles. The second kappa shape index (κ2) is 6.99. The Balaban J connectivity index is 1.92. The number of allylic oxidation sites excluding steroid dienone is 2. The SMILES string of the molecule is N#Cc1ccc(Nc2ccc(OC(F)(F)F)c(CC3=CC3)c2)c([N+](=O)[O-])c1. The topological polar surface area (TPSA) is 88.2 Å². The molecule has 0 heterocycles. The van der Waals surface area contributed by atoms with Crippen LogP contribution in [0.25, 0.3) is 0 Å². The number of anilines is 2. The third kappa shape index (κ3) is 4.76. The normalized spacial score (nSPS) is 12.7. The fourth-order valence-electron chi connectivity index (χ4n) is 2.49. The molecule has 2 aromatic rings. The molecule has 1 N–H and O–H groups in total. The number of hydrogen-bond acceptors (Lipinski definition) is 5. The number of alkyl halides is 3. The summed E-state index contributed by atoms with van der Waals surface area (Å²) in [6.07, 6.45) is -1.88. The molecule has 0 aliphatic heterocycles. The number of rotatable bonds is 6. The van der Waals surface area contributed by atoms with Crippen LogP contribution in [0.1, 0.15) is 17.5 Å². The van der Waals surface area contributed by atoms with Crippen LogP contribution in [0.15, 0.2) is 48.0 Å². The number of nitrogens with zero attached hydrogens (tertiary/aromatic N) is 2. The van der Waals surface area contributed by atoms with Crippen LogP contribution in [0.3, 0.4) is 0 Å². The van der Waals surface area contributed by atoms with E-state index < -0.39 is 11.3 Å². The Labute approximate surface area is 151 Å². The highest BCUT2D eigenvalue weighted by Crippen LogP contribution is 2.35. The lowest BCUT2D eigenvalue weighted by molar-refractivity contribution is -0.383. The standard InChI is InChI=1S/C18H12F3N3O3/c19-18(20,21)27-17-6-4-14(9-13(17)7-11-1-2-11)23-15-5-3-12(10-22)8-16(15)24(25)26/h1,3-6,8-9,23H,2,7H2. The minimum absolute atomic E-state index is 0.125.